The topological polar surface area (TPSA) is 243 Å². The summed E-state index contributed by atoms with van der Waals surface area (Å²) in [7, 11) is -2.65. The van der Waals surface area contributed by atoms with Gasteiger partial charge in [0.15, 0.2) is 0 Å². The fourth-order valence-electron chi connectivity index (χ4n) is 3.90. The first-order chi connectivity index (χ1) is 20.6. The molecule has 2 rings (SSSR count). The van der Waals surface area contributed by atoms with Crippen molar-refractivity contribution < 1.29 is 43.1 Å². The molecule has 15 nitrogen and oxygen atoms in total. The van der Waals surface area contributed by atoms with Crippen LogP contribution in [0.2, 0.25) is 0 Å². The number of nitrogens with zero attached hydrogens (tertiary/aromatic N) is 1. The highest BCUT2D eigenvalue weighted by Gasteiger charge is 2.31. The number of aromatic hydroxyl groups is 1. The number of hydrogen-bond donors (Lipinski definition) is 7. The number of rotatable bonds is 16. The molecule has 0 aliphatic rings. The van der Waals surface area contributed by atoms with E-state index in [9.17, 15) is 38.5 Å². The number of phenolic OH excluding ortho intramolecular Hbond substituents is 1. The van der Waals surface area contributed by atoms with Gasteiger partial charge < -0.3 is 46.8 Å². The van der Waals surface area contributed by atoms with E-state index in [1.807, 2.05) is 0 Å². The van der Waals surface area contributed by atoms with E-state index in [1.165, 1.54) is 26.1 Å². The molecule has 0 bridgehead atoms. The number of phenols is 1. The van der Waals surface area contributed by atoms with Gasteiger partial charge in [-0.2, -0.15) is 0 Å². The number of primary amides is 1. The highest BCUT2D eigenvalue weighted by molar-refractivity contribution is 7.51. The van der Waals surface area contributed by atoms with E-state index in [-0.39, 0.29) is 18.6 Å². The number of hydrogen-bond acceptors (Lipinski definition) is 9. The molecule has 5 amide bonds. The van der Waals surface area contributed by atoms with Crippen molar-refractivity contribution in [1.29, 1.82) is 0 Å². The third-order valence-corrected chi connectivity index (χ3v) is 7.10. The quantitative estimate of drug-likeness (QED) is 0.108. The first kappa shape index (κ1) is 35.9. The molecule has 5 atom stereocenters. The summed E-state index contributed by atoms with van der Waals surface area (Å²) in [6.45, 7) is 1.12. The maximum Gasteiger partial charge on any atom is 0.325 e. The second-order valence-corrected chi connectivity index (χ2v) is 12.1. The van der Waals surface area contributed by atoms with Crippen LogP contribution in [0.4, 0.5) is 0 Å². The van der Waals surface area contributed by atoms with Gasteiger partial charge in [0.05, 0.1) is 19.2 Å². The lowest BCUT2D eigenvalue weighted by Gasteiger charge is -2.29. The third-order valence-electron chi connectivity index (χ3n) is 6.47. The van der Waals surface area contributed by atoms with Gasteiger partial charge in [-0.3, -0.25) is 28.5 Å². The molecule has 240 valence electrons. The van der Waals surface area contributed by atoms with Gasteiger partial charge >= 0.3 is 7.60 Å². The van der Waals surface area contributed by atoms with E-state index >= 15 is 0 Å². The van der Waals surface area contributed by atoms with Crippen LogP contribution in [0.3, 0.4) is 0 Å². The molecule has 0 fully saturated rings. The van der Waals surface area contributed by atoms with E-state index in [1.54, 1.807) is 42.5 Å². The van der Waals surface area contributed by atoms with Crippen LogP contribution in [0, 0.1) is 0 Å². The molecule has 44 heavy (non-hydrogen) atoms. The van der Waals surface area contributed by atoms with Gasteiger partial charge in [0, 0.05) is 20.1 Å². The maximum atomic E-state index is 13.3. The predicted octanol–water partition coefficient (Wildman–Crippen LogP) is -1.25. The molecule has 0 aliphatic heterocycles. The minimum atomic E-state index is -3.98. The Morgan fingerprint density at radius 1 is 0.932 bits per heavy atom. The van der Waals surface area contributed by atoms with Crippen LogP contribution in [-0.2, 0) is 45.9 Å². The van der Waals surface area contributed by atoms with Crippen LogP contribution in [0.25, 0.3) is 0 Å². The Balaban J connectivity index is 2.03. The van der Waals surface area contributed by atoms with E-state index in [0.29, 0.717) is 11.1 Å². The lowest BCUT2D eigenvalue weighted by atomic mass is 10.0. The summed E-state index contributed by atoms with van der Waals surface area (Å²) in [5, 5.41) is 16.6. The Hall–Kier alpha value is -4.30. The Labute approximate surface area is 254 Å². The van der Waals surface area contributed by atoms with Crippen molar-refractivity contribution in [2.45, 2.75) is 43.9 Å². The Bertz CT molecular complexity index is 1350. The van der Waals surface area contributed by atoms with Crippen LogP contribution in [0.15, 0.2) is 54.6 Å². The van der Waals surface area contributed by atoms with Gasteiger partial charge in [0.2, 0.25) is 29.5 Å². The molecule has 0 spiro atoms. The molecule has 2 aromatic carbocycles. The third kappa shape index (κ3) is 12.1. The molecule has 16 heteroatoms. The summed E-state index contributed by atoms with van der Waals surface area (Å²) in [4.78, 5) is 73.8. The average Bonchev–Trinajstić information content (AvgIpc) is 2.96. The van der Waals surface area contributed by atoms with Gasteiger partial charge in [-0.15, -0.1) is 0 Å². The van der Waals surface area contributed by atoms with Gasteiger partial charge in [0.25, 0.3) is 0 Å². The maximum absolute atomic E-state index is 13.3. The standard InChI is InChI=1S/C28H39N6O9P/c1-17(32-27(39)21(29)13-19-9-11-20(35)12-10-19)26(38)31-15-24(36)34(2)23(14-18-7-5-4-6-8-18)28(40)33-22(25(30)37)16-43-44(3,41)42/h4-12,17,21-23,35H,13-16,29H2,1-3H3,(H2,30,37)(H,31,38)(H,32,39)(H,33,40)(H,41,42)/t17-,21+,22+,23+/m1/s1. The SMILES string of the molecule is C[C@@H](NC(=O)[C@@H](N)Cc1ccc(O)cc1)C(=O)NCC(=O)N(C)[C@@H](Cc1ccccc1)C(=O)N[C@@H](COP(C)(=O)O)C(N)=O. The van der Waals surface area contributed by atoms with Crippen LogP contribution in [0.5, 0.6) is 5.75 Å². The molecule has 9 N–H and O–H groups in total. The molecule has 0 saturated heterocycles. The van der Waals surface area contributed by atoms with Crippen LogP contribution < -0.4 is 27.4 Å². The van der Waals surface area contributed by atoms with E-state index in [4.69, 9.17) is 16.0 Å². The summed E-state index contributed by atoms with van der Waals surface area (Å²) >= 11 is 0. The zero-order valence-corrected chi connectivity index (χ0v) is 25.5. The zero-order chi connectivity index (χ0) is 33.0. The Kier molecular flexibility index (Phi) is 13.5. The normalized spacial score (nSPS) is 15.0. The number of likely N-dealkylation sites (N-methyl/N-ethyl adjacent to an activating group) is 1. The van der Waals surface area contributed by atoms with Crippen molar-refractivity contribution in [3.05, 3.63) is 65.7 Å². The van der Waals surface area contributed by atoms with E-state index in [0.717, 1.165) is 11.6 Å². The molecule has 0 aromatic heterocycles. The number of carbonyl (C=O) groups is 5. The summed E-state index contributed by atoms with van der Waals surface area (Å²) in [6.07, 6.45) is 0.182. The number of benzene rings is 2. The molecule has 1 unspecified atom stereocenters. The predicted molar refractivity (Wildman–Crippen MR) is 160 cm³/mol. The zero-order valence-electron chi connectivity index (χ0n) is 24.6. The van der Waals surface area contributed by atoms with Crippen LogP contribution >= 0.6 is 7.60 Å². The molecule has 0 saturated carbocycles. The fourth-order valence-corrected chi connectivity index (χ4v) is 4.32. The largest absolute Gasteiger partial charge is 0.508 e. The monoisotopic (exact) mass is 634 g/mol. The summed E-state index contributed by atoms with van der Waals surface area (Å²) in [5.41, 5.74) is 12.7. The van der Waals surface area contributed by atoms with Crippen molar-refractivity contribution in [3.63, 3.8) is 0 Å². The molecular weight excluding hydrogens is 595 g/mol. The van der Waals surface area contributed by atoms with Gasteiger partial charge in [-0.05, 0) is 36.6 Å². The summed E-state index contributed by atoms with van der Waals surface area (Å²) in [6, 6.07) is 10.2. The number of amides is 5. The Morgan fingerprint density at radius 3 is 2.09 bits per heavy atom. The fraction of sp³-hybridized carbons (Fsp3) is 0.393. The molecule has 0 aliphatic carbocycles. The number of carbonyl (C=O) groups excluding carboxylic acids is 5. The first-order valence-corrected chi connectivity index (χ1v) is 15.6. The van der Waals surface area contributed by atoms with Crippen LogP contribution in [0.1, 0.15) is 18.1 Å². The second-order valence-electron chi connectivity index (χ2n) is 10.2. The van der Waals surface area contributed by atoms with E-state index in [2.05, 4.69) is 16.0 Å². The van der Waals surface area contributed by atoms with Crippen molar-refractivity contribution in [1.82, 2.24) is 20.9 Å². The molecule has 0 radical (unpaired) electrons. The van der Waals surface area contributed by atoms with Crippen molar-refractivity contribution in [2.24, 2.45) is 11.5 Å². The van der Waals surface area contributed by atoms with E-state index < -0.39 is 74.5 Å². The van der Waals surface area contributed by atoms with Crippen molar-refractivity contribution in [3.8, 4) is 5.75 Å². The molecule has 2 aromatic rings. The lowest BCUT2D eigenvalue weighted by Crippen LogP contribution is -2.57. The average molecular weight is 635 g/mol. The lowest BCUT2D eigenvalue weighted by molar-refractivity contribution is -0.140. The van der Waals surface area contributed by atoms with Gasteiger partial charge in [-0.25, -0.2) is 0 Å². The highest BCUT2D eigenvalue weighted by atomic mass is 31.2. The number of nitrogens with two attached hydrogens (primary N) is 2. The minimum absolute atomic E-state index is 0.0207. The molecular formula is C28H39N6O9P. The number of nitrogens with one attached hydrogen (secondary N) is 3. The van der Waals surface area contributed by atoms with Gasteiger partial charge in [-0.1, -0.05) is 42.5 Å². The molecule has 0 heterocycles. The van der Waals surface area contributed by atoms with Gasteiger partial charge in [0.1, 0.15) is 23.9 Å². The summed E-state index contributed by atoms with van der Waals surface area (Å²) in [5.74, 6) is -3.70. The first-order valence-electron chi connectivity index (χ1n) is 13.5. The second kappa shape index (κ2) is 16.5. The minimum Gasteiger partial charge on any atom is -0.508 e. The van der Waals surface area contributed by atoms with Crippen LogP contribution in [-0.4, -0.2) is 95.5 Å². The van der Waals surface area contributed by atoms with Crippen molar-refractivity contribution >= 4 is 37.1 Å². The smallest absolute Gasteiger partial charge is 0.325 e. The van der Waals surface area contributed by atoms with Crippen molar-refractivity contribution in [2.75, 3.05) is 26.9 Å². The highest BCUT2D eigenvalue weighted by Crippen LogP contribution is 2.36. The summed E-state index contributed by atoms with van der Waals surface area (Å²) < 4.78 is 16.2. The Morgan fingerprint density at radius 2 is 1.52 bits per heavy atom.